The molecule has 0 radical (unpaired) electrons. The molecule has 3 heterocycles. The Morgan fingerprint density at radius 3 is 2.74 bits per heavy atom. The van der Waals surface area contributed by atoms with Gasteiger partial charge in [0.05, 0.1) is 6.54 Å². The molecule has 0 aliphatic carbocycles. The number of methoxy groups -OCH3 is 1. The second-order valence-corrected chi connectivity index (χ2v) is 6.65. The minimum Gasteiger partial charge on any atom is -0.377 e. The Morgan fingerprint density at radius 2 is 1.96 bits per heavy atom. The summed E-state index contributed by atoms with van der Waals surface area (Å²) in [4.78, 5) is 13.1. The fourth-order valence-electron chi connectivity index (χ4n) is 2.92. The van der Waals surface area contributed by atoms with Crippen LogP contribution in [0, 0.1) is 0 Å². The molecule has 2 aromatic heterocycles. The van der Waals surface area contributed by atoms with Gasteiger partial charge >= 0.3 is 6.01 Å². The number of anilines is 1. The summed E-state index contributed by atoms with van der Waals surface area (Å²) in [7, 11) is 1.60. The van der Waals surface area contributed by atoms with E-state index in [4.69, 9.17) is 25.4 Å². The lowest BCUT2D eigenvalue weighted by atomic mass is 10.2. The van der Waals surface area contributed by atoms with Crippen LogP contribution < -0.4 is 4.90 Å². The number of halogens is 1. The van der Waals surface area contributed by atoms with Gasteiger partial charge in [0.15, 0.2) is 5.82 Å². The van der Waals surface area contributed by atoms with E-state index in [1.54, 1.807) is 7.11 Å². The van der Waals surface area contributed by atoms with E-state index in [1.165, 1.54) is 0 Å². The average Bonchev–Trinajstić information content (AvgIpc) is 3.33. The van der Waals surface area contributed by atoms with E-state index in [9.17, 15) is 0 Å². The van der Waals surface area contributed by atoms with Gasteiger partial charge in [-0.15, -0.1) is 0 Å². The maximum atomic E-state index is 6.03. The predicted molar refractivity (Wildman–Crippen MR) is 97.2 cm³/mol. The average molecular weight is 391 g/mol. The van der Waals surface area contributed by atoms with E-state index < -0.39 is 0 Å². The number of nitrogens with zero attached hydrogens (tertiary/aromatic N) is 6. The van der Waals surface area contributed by atoms with E-state index in [0.29, 0.717) is 41.7 Å². The predicted octanol–water partition coefficient (Wildman–Crippen LogP) is 2.24. The van der Waals surface area contributed by atoms with Gasteiger partial charge in [-0.25, -0.2) is 0 Å². The van der Waals surface area contributed by atoms with Gasteiger partial charge in [-0.05, 0) is 12.1 Å². The van der Waals surface area contributed by atoms with Gasteiger partial charge in [0.2, 0.25) is 11.7 Å². The van der Waals surface area contributed by atoms with E-state index in [1.807, 2.05) is 24.3 Å². The third-order valence-corrected chi connectivity index (χ3v) is 4.52. The van der Waals surface area contributed by atoms with Gasteiger partial charge in [0, 0.05) is 43.9 Å². The lowest BCUT2D eigenvalue weighted by Gasteiger charge is -2.32. The number of ether oxygens (including phenoxy) is 1. The summed E-state index contributed by atoms with van der Waals surface area (Å²) in [6, 6.07) is 7.91. The molecule has 0 N–H and O–H groups in total. The molecule has 0 bridgehead atoms. The first kappa shape index (κ1) is 17.9. The molecule has 0 saturated carbocycles. The van der Waals surface area contributed by atoms with Crippen LogP contribution in [0.3, 0.4) is 0 Å². The number of benzene rings is 1. The summed E-state index contributed by atoms with van der Waals surface area (Å²) in [5.41, 5.74) is 0.833. The van der Waals surface area contributed by atoms with E-state index in [-0.39, 0.29) is 0 Å². The molecule has 0 unspecified atom stereocenters. The fourth-order valence-corrected chi connectivity index (χ4v) is 3.11. The third-order valence-electron chi connectivity index (χ3n) is 4.28. The van der Waals surface area contributed by atoms with Gasteiger partial charge in [-0.1, -0.05) is 34.0 Å². The Morgan fingerprint density at radius 1 is 1.11 bits per heavy atom. The SMILES string of the molecule is COCc1noc(CN2CCN(c3nc(-c4cccc(Cl)c4)no3)CC2)n1. The van der Waals surface area contributed by atoms with Crippen molar-refractivity contribution in [2.24, 2.45) is 0 Å². The van der Waals surface area contributed by atoms with Crippen LogP contribution >= 0.6 is 11.6 Å². The Labute approximate surface area is 160 Å². The molecule has 27 heavy (non-hydrogen) atoms. The fraction of sp³-hybridized carbons (Fsp3) is 0.412. The van der Waals surface area contributed by atoms with E-state index >= 15 is 0 Å². The monoisotopic (exact) mass is 390 g/mol. The summed E-state index contributed by atoms with van der Waals surface area (Å²) in [5, 5.41) is 8.59. The van der Waals surface area contributed by atoms with Crippen LogP contribution in [0.4, 0.5) is 6.01 Å². The summed E-state index contributed by atoms with van der Waals surface area (Å²) >= 11 is 6.03. The second-order valence-electron chi connectivity index (χ2n) is 6.21. The zero-order valence-electron chi connectivity index (χ0n) is 14.8. The van der Waals surface area contributed by atoms with Crippen LogP contribution in [0.25, 0.3) is 11.4 Å². The standard InChI is InChI=1S/C17H19ClN6O3/c1-25-11-14-19-15(26-21-14)10-23-5-7-24(8-6-23)17-20-16(22-27-17)12-3-2-4-13(18)9-12/h2-4,9H,5-8,10-11H2,1H3. The summed E-state index contributed by atoms with van der Waals surface area (Å²) < 4.78 is 15.7. The minimum atomic E-state index is 0.351. The number of aromatic nitrogens is 4. The molecular weight excluding hydrogens is 372 g/mol. The summed E-state index contributed by atoms with van der Waals surface area (Å²) in [6.45, 7) is 4.17. The Hall–Kier alpha value is -2.49. The Balaban J connectivity index is 1.34. The van der Waals surface area contributed by atoms with Crippen molar-refractivity contribution in [3.8, 4) is 11.4 Å². The number of hydrogen-bond donors (Lipinski definition) is 0. The smallest absolute Gasteiger partial charge is 0.324 e. The second kappa shape index (κ2) is 8.03. The highest BCUT2D eigenvalue weighted by Crippen LogP contribution is 2.23. The van der Waals surface area contributed by atoms with Crippen molar-refractivity contribution in [1.29, 1.82) is 0 Å². The molecular formula is C17H19ClN6O3. The highest BCUT2D eigenvalue weighted by molar-refractivity contribution is 6.30. The van der Waals surface area contributed by atoms with Crippen LogP contribution in [0.2, 0.25) is 5.02 Å². The van der Waals surface area contributed by atoms with Crippen LogP contribution in [-0.2, 0) is 17.9 Å². The molecule has 9 nitrogen and oxygen atoms in total. The molecule has 0 amide bonds. The van der Waals surface area contributed by atoms with Crippen LogP contribution in [-0.4, -0.2) is 58.5 Å². The third kappa shape index (κ3) is 4.26. The molecule has 1 fully saturated rings. The molecule has 4 rings (SSSR count). The van der Waals surface area contributed by atoms with Crippen molar-refractivity contribution in [2.45, 2.75) is 13.2 Å². The van der Waals surface area contributed by atoms with Gasteiger partial charge in [-0.3, -0.25) is 4.90 Å². The summed E-state index contributed by atoms with van der Waals surface area (Å²) in [5.74, 6) is 1.69. The lowest BCUT2D eigenvalue weighted by Crippen LogP contribution is -2.46. The molecule has 1 aliphatic heterocycles. The molecule has 10 heteroatoms. The maximum Gasteiger partial charge on any atom is 0.324 e. The van der Waals surface area contributed by atoms with Crippen molar-refractivity contribution in [3.63, 3.8) is 0 Å². The van der Waals surface area contributed by atoms with E-state index in [2.05, 4.69) is 30.1 Å². The molecule has 1 aliphatic rings. The summed E-state index contributed by atoms with van der Waals surface area (Å²) in [6.07, 6.45) is 0. The highest BCUT2D eigenvalue weighted by atomic mass is 35.5. The van der Waals surface area contributed by atoms with Crippen LogP contribution in [0.5, 0.6) is 0 Å². The Kier molecular flexibility index (Phi) is 5.33. The minimum absolute atomic E-state index is 0.351. The van der Waals surface area contributed by atoms with Gasteiger partial charge in [0.25, 0.3) is 0 Å². The van der Waals surface area contributed by atoms with Gasteiger partial charge in [-0.2, -0.15) is 9.97 Å². The quantitative estimate of drug-likeness (QED) is 0.627. The topological polar surface area (TPSA) is 93.6 Å². The molecule has 3 aromatic rings. The molecule has 0 atom stereocenters. The zero-order valence-corrected chi connectivity index (χ0v) is 15.6. The Bertz CT molecular complexity index is 890. The largest absolute Gasteiger partial charge is 0.377 e. The van der Waals surface area contributed by atoms with Gasteiger partial charge < -0.3 is 18.7 Å². The molecule has 142 valence electrons. The van der Waals surface area contributed by atoms with Crippen molar-refractivity contribution in [2.75, 3.05) is 38.2 Å². The van der Waals surface area contributed by atoms with Gasteiger partial charge in [0.1, 0.15) is 6.61 Å². The van der Waals surface area contributed by atoms with Crippen molar-refractivity contribution in [3.05, 3.63) is 41.0 Å². The number of piperazine rings is 1. The number of hydrogen-bond acceptors (Lipinski definition) is 9. The highest BCUT2D eigenvalue weighted by Gasteiger charge is 2.23. The zero-order chi connectivity index (χ0) is 18.6. The number of rotatable bonds is 6. The first-order chi connectivity index (χ1) is 13.2. The normalized spacial score (nSPS) is 15.4. The lowest BCUT2D eigenvalue weighted by molar-refractivity contribution is 0.174. The first-order valence-electron chi connectivity index (χ1n) is 8.58. The first-order valence-corrected chi connectivity index (χ1v) is 8.96. The van der Waals surface area contributed by atoms with Crippen molar-refractivity contribution < 1.29 is 13.8 Å². The van der Waals surface area contributed by atoms with Crippen LogP contribution in [0.1, 0.15) is 11.7 Å². The molecule has 1 aromatic carbocycles. The molecule has 0 spiro atoms. The molecule has 1 saturated heterocycles. The van der Waals surface area contributed by atoms with E-state index in [0.717, 1.165) is 31.7 Å². The van der Waals surface area contributed by atoms with Crippen molar-refractivity contribution >= 4 is 17.6 Å². The van der Waals surface area contributed by atoms with Crippen LogP contribution in [0.15, 0.2) is 33.3 Å². The maximum absolute atomic E-state index is 6.03. The van der Waals surface area contributed by atoms with Crippen molar-refractivity contribution in [1.82, 2.24) is 25.2 Å².